The molecule has 3 aromatic carbocycles. The third kappa shape index (κ3) is 3.95. The van der Waals surface area contributed by atoms with Gasteiger partial charge in [-0.1, -0.05) is 66.7 Å². The number of benzene rings is 3. The molecule has 4 aromatic rings. The van der Waals surface area contributed by atoms with Gasteiger partial charge in [0.1, 0.15) is 5.75 Å². The summed E-state index contributed by atoms with van der Waals surface area (Å²) in [6.45, 7) is 0.898. The Balaban J connectivity index is 1.53. The van der Waals surface area contributed by atoms with E-state index in [0.29, 0.717) is 0 Å². The van der Waals surface area contributed by atoms with Crippen LogP contribution in [0.3, 0.4) is 0 Å². The molecule has 2 nitrogen and oxygen atoms in total. The van der Waals surface area contributed by atoms with Crippen molar-refractivity contribution in [3.8, 4) is 5.75 Å². The summed E-state index contributed by atoms with van der Waals surface area (Å²) in [4.78, 5) is 0. The van der Waals surface area contributed by atoms with Crippen LogP contribution >= 0.6 is 0 Å². The van der Waals surface area contributed by atoms with E-state index in [-0.39, 0.29) is 0 Å². The molecule has 0 N–H and O–H groups in total. The third-order valence-electron chi connectivity index (χ3n) is 4.86. The van der Waals surface area contributed by atoms with Crippen LogP contribution in [0.15, 0.2) is 91.1 Å². The first-order chi connectivity index (χ1) is 13.3. The van der Waals surface area contributed by atoms with Gasteiger partial charge in [0.25, 0.3) is 0 Å². The number of hydrogen-bond acceptors (Lipinski definition) is 1. The first kappa shape index (κ1) is 17.2. The molecule has 2 heteroatoms. The number of fused-ring (bicyclic) bond motifs is 1. The molecule has 0 aliphatic rings. The van der Waals surface area contributed by atoms with Gasteiger partial charge in [-0.3, -0.25) is 0 Å². The van der Waals surface area contributed by atoms with Crippen LogP contribution in [0.5, 0.6) is 5.75 Å². The lowest BCUT2D eigenvalue weighted by atomic mass is 10.1. The van der Waals surface area contributed by atoms with Crippen molar-refractivity contribution in [3.05, 3.63) is 108 Å². The van der Waals surface area contributed by atoms with Crippen molar-refractivity contribution in [1.29, 1.82) is 0 Å². The normalized spacial score (nSPS) is 11.3. The van der Waals surface area contributed by atoms with Gasteiger partial charge in [-0.05, 0) is 47.4 Å². The van der Waals surface area contributed by atoms with E-state index in [1.807, 2.05) is 12.1 Å². The molecule has 0 saturated carbocycles. The summed E-state index contributed by atoms with van der Waals surface area (Å²) >= 11 is 0. The zero-order chi connectivity index (χ0) is 18.5. The second-order valence-corrected chi connectivity index (χ2v) is 6.66. The lowest BCUT2D eigenvalue weighted by Gasteiger charge is -2.07. The molecule has 4 rings (SSSR count). The largest absolute Gasteiger partial charge is 0.497 e. The van der Waals surface area contributed by atoms with Crippen LogP contribution in [-0.2, 0) is 13.0 Å². The fraction of sp³-hybridized carbons (Fsp3) is 0.120. The summed E-state index contributed by atoms with van der Waals surface area (Å²) < 4.78 is 7.53. The van der Waals surface area contributed by atoms with Crippen molar-refractivity contribution in [1.82, 2.24) is 4.57 Å². The molecular formula is C25H23NO. The Morgan fingerprint density at radius 3 is 2.44 bits per heavy atom. The zero-order valence-corrected chi connectivity index (χ0v) is 15.5. The molecule has 0 bridgehead atoms. The molecular weight excluding hydrogens is 330 g/mol. The Hall–Kier alpha value is -3.26. The predicted octanol–water partition coefficient (Wildman–Crippen LogP) is 5.95. The maximum atomic E-state index is 5.21. The van der Waals surface area contributed by atoms with Crippen molar-refractivity contribution >= 4 is 17.0 Å². The minimum Gasteiger partial charge on any atom is -0.497 e. The molecule has 0 unspecified atom stereocenters. The highest BCUT2D eigenvalue weighted by atomic mass is 16.5. The van der Waals surface area contributed by atoms with Gasteiger partial charge < -0.3 is 9.30 Å². The van der Waals surface area contributed by atoms with Gasteiger partial charge in [0.05, 0.1) is 7.11 Å². The van der Waals surface area contributed by atoms with Crippen molar-refractivity contribution in [3.63, 3.8) is 0 Å². The van der Waals surface area contributed by atoms with E-state index >= 15 is 0 Å². The molecule has 0 aliphatic carbocycles. The van der Waals surface area contributed by atoms with Gasteiger partial charge in [-0.2, -0.15) is 0 Å². The van der Waals surface area contributed by atoms with E-state index in [1.54, 1.807) is 7.11 Å². The third-order valence-corrected chi connectivity index (χ3v) is 4.86. The van der Waals surface area contributed by atoms with Crippen molar-refractivity contribution in [2.45, 2.75) is 13.0 Å². The van der Waals surface area contributed by atoms with E-state index < -0.39 is 0 Å². The SMILES string of the molecule is COc1ccc(/C=C/Cc2cccc3c2ccn3Cc2ccccc2)cc1. The highest BCUT2D eigenvalue weighted by Gasteiger charge is 2.05. The first-order valence-corrected chi connectivity index (χ1v) is 9.25. The minimum absolute atomic E-state index is 0.886. The maximum Gasteiger partial charge on any atom is 0.118 e. The summed E-state index contributed by atoms with van der Waals surface area (Å²) in [5, 5.41) is 1.33. The van der Waals surface area contributed by atoms with Gasteiger partial charge in [-0.15, -0.1) is 0 Å². The van der Waals surface area contributed by atoms with Crippen LogP contribution in [0.1, 0.15) is 16.7 Å². The van der Waals surface area contributed by atoms with E-state index in [4.69, 9.17) is 4.74 Å². The summed E-state index contributed by atoms with van der Waals surface area (Å²) in [5.74, 6) is 0.886. The number of aromatic nitrogens is 1. The molecule has 0 radical (unpaired) electrons. The minimum atomic E-state index is 0.886. The molecule has 0 fully saturated rings. The van der Waals surface area contributed by atoms with Crippen molar-refractivity contribution in [2.24, 2.45) is 0 Å². The highest BCUT2D eigenvalue weighted by Crippen LogP contribution is 2.22. The van der Waals surface area contributed by atoms with Crippen LogP contribution in [0.2, 0.25) is 0 Å². The number of ether oxygens (including phenoxy) is 1. The quantitative estimate of drug-likeness (QED) is 0.417. The fourth-order valence-corrected chi connectivity index (χ4v) is 3.42. The summed E-state index contributed by atoms with van der Waals surface area (Å²) in [7, 11) is 1.69. The van der Waals surface area contributed by atoms with Crippen LogP contribution in [0.4, 0.5) is 0 Å². The molecule has 1 heterocycles. The van der Waals surface area contributed by atoms with E-state index in [0.717, 1.165) is 18.7 Å². The maximum absolute atomic E-state index is 5.21. The van der Waals surface area contributed by atoms with E-state index in [9.17, 15) is 0 Å². The Bertz CT molecular complexity index is 1040. The topological polar surface area (TPSA) is 14.2 Å². The van der Waals surface area contributed by atoms with Gasteiger partial charge in [0.2, 0.25) is 0 Å². The molecule has 0 spiro atoms. The average molecular weight is 353 g/mol. The van der Waals surface area contributed by atoms with Crippen LogP contribution in [-0.4, -0.2) is 11.7 Å². The second-order valence-electron chi connectivity index (χ2n) is 6.66. The van der Waals surface area contributed by atoms with E-state index in [1.165, 1.54) is 27.6 Å². The second kappa shape index (κ2) is 7.96. The lowest BCUT2D eigenvalue weighted by molar-refractivity contribution is 0.415. The van der Waals surface area contributed by atoms with Gasteiger partial charge in [0.15, 0.2) is 0 Å². The first-order valence-electron chi connectivity index (χ1n) is 9.25. The van der Waals surface area contributed by atoms with Crippen LogP contribution < -0.4 is 4.74 Å². The molecule has 0 saturated heterocycles. The van der Waals surface area contributed by atoms with Gasteiger partial charge in [-0.25, -0.2) is 0 Å². The fourth-order valence-electron chi connectivity index (χ4n) is 3.42. The Morgan fingerprint density at radius 1 is 0.852 bits per heavy atom. The number of rotatable bonds is 6. The average Bonchev–Trinajstić information content (AvgIpc) is 3.13. The predicted molar refractivity (Wildman–Crippen MR) is 113 cm³/mol. The van der Waals surface area contributed by atoms with Crippen molar-refractivity contribution < 1.29 is 4.74 Å². The number of allylic oxidation sites excluding steroid dienone is 1. The zero-order valence-electron chi connectivity index (χ0n) is 15.5. The molecule has 0 atom stereocenters. The number of methoxy groups -OCH3 is 1. The number of hydrogen-bond donors (Lipinski definition) is 0. The lowest BCUT2D eigenvalue weighted by Crippen LogP contribution is -1.97. The highest BCUT2D eigenvalue weighted by molar-refractivity contribution is 5.84. The molecule has 27 heavy (non-hydrogen) atoms. The summed E-state index contributed by atoms with van der Waals surface area (Å²) in [6.07, 6.45) is 7.50. The number of nitrogens with zero attached hydrogens (tertiary/aromatic N) is 1. The molecule has 134 valence electrons. The molecule has 1 aromatic heterocycles. The van der Waals surface area contributed by atoms with Gasteiger partial charge >= 0.3 is 0 Å². The van der Waals surface area contributed by atoms with Crippen LogP contribution in [0, 0.1) is 0 Å². The molecule has 0 aliphatic heterocycles. The van der Waals surface area contributed by atoms with Crippen LogP contribution in [0.25, 0.3) is 17.0 Å². The van der Waals surface area contributed by atoms with Gasteiger partial charge in [0, 0.05) is 23.6 Å². The Morgan fingerprint density at radius 2 is 1.67 bits per heavy atom. The van der Waals surface area contributed by atoms with Crippen molar-refractivity contribution in [2.75, 3.05) is 7.11 Å². The smallest absolute Gasteiger partial charge is 0.118 e. The van der Waals surface area contributed by atoms with E-state index in [2.05, 4.69) is 89.6 Å². The summed E-state index contributed by atoms with van der Waals surface area (Å²) in [5.41, 5.74) is 5.14. The Labute approximate surface area is 160 Å². The molecule has 0 amide bonds. The Kier molecular flexibility index (Phi) is 5.06. The monoisotopic (exact) mass is 353 g/mol. The summed E-state index contributed by atoms with van der Waals surface area (Å²) in [6, 6.07) is 27.5. The standard InChI is InChI=1S/C25H23NO/c1-27-23-15-13-20(14-16-23)9-5-10-22-11-6-12-25-24(22)17-18-26(25)19-21-7-3-2-4-8-21/h2-9,11-18H,10,19H2,1H3/b9-5+.